The van der Waals surface area contributed by atoms with E-state index in [1.807, 2.05) is 0 Å². The van der Waals surface area contributed by atoms with Gasteiger partial charge in [0.05, 0.1) is 11.1 Å². The second-order valence-corrected chi connectivity index (χ2v) is 14.2. The lowest BCUT2D eigenvalue weighted by Crippen LogP contribution is -2.49. The van der Waals surface area contributed by atoms with Crippen LogP contribution in [0.4, 0.5) is 0 Å². The molecule has 0 aromatic heterocycles. The van der Waals surface area contributed by atoms with Gasteiger partial charge in [-0.25, -0.2) is 26.8 Å². The van der Waals surface area contributed by atoms with Gasteiger partial charge in [-0.05, 0) is 68.3 Å². The van der Waals surface area contributed by atoms with Crippen LogP contribution in [-0.4, -0.2) is 83.5 Å². The molecule has 0 aliphatic carbocycles. The quantitative estimate of drug-likeness (QED) is 0.0401. The second kappa shape index (κ2) is 23.5. The van der Waals surface area contributed by atoms with Crippen molar-refractivity contribution in [1.29, 1.82) is 0 Å². The Bertz CT molecular complexity index is 1900. The fraction of sp³-hybridized carbons (Fsp3) is 0.390. The Morgan fingerprint density at radius 2 is 1.02 bits per heavy atom. The molecule has 60 heavy (non-hydrogen) atoms. The van der Waals surface area contributed by atoms with Crippen molar-refractivity contribution in [1.82, 2.24) is 27.0 Å². The Labute approximate surface area is 346 Å². The van der Waals surface area contributed by atoms with Crippen LogP contribution in [0.15, 0.2) is 84.9 Å². The highest BCUT2D eigenvalue weighted by Gasteiger charge is 2.40. The largest absolute Gasteiger partial charge is 0.367 e. The molecule has 0 saturated heterocycles. The number of nitrogens with two attached hydrogens (primary N) is 2. The number of hydroxylamine groups is 6. The molecule has 0 fully saturated rings. The molecule has 0 unspecified atom stereocenters. The van der Waals surface area contributed by atoms with Crippen molar-refractivity contribution in [3.8, 4) is 0 Å². The molecule has 1 heterocycles. The maximum absolute atomic E-state index is 13.6. The zero-order valence-corrected chi connectivity index (χ0v) is 33.5. The summed E-state index contributed by atoms with van der Waals surface area (Å²) in [5, 5.41) is 0.523. The molecule has 0 saturated carbocycles. The summed E-state index contributed by atoms with van der Waals surface area (Å²) in [7, 11) is 0. The van der Waals surface area contributed by atoms with E-state index in [9.17, 15) is 33.6 Å². The van der Waals surface area contributed by atoms with Gasteiger partial charge >= 0.3 is 0 Å². The number of fused-ring (bicyclic) bond motifs is 1. The minimum Gasteiger partial charge on any atom is -0.367 e. The van der Waals surface area contributed by atoms with Crippen molar-refractivity contribution < 1.29 is 57.7 Å². The average Bonchev–Trinajstić information content (AvgIpc) is 3.48. The predicted octanol–water partition coefficient (Wildman–Crippen LogP) is 1.41. The molecule has 0 spiro atoms. The molecule has 3 aromatic rings. The SMILES string of the molecule is CC(C)C[C@@H](ONC(=O)[C@@H](CCCCN)ONC(=O)[C@@H](Cc1ccccc1)ON1C(=O)c2ccccc2C1=O)C(=O)NO[C@H](Cc1ccccc1)C(=O)NO[C@H](C)C(N)=O. The van der Waals surface area contributed by atoms with E-state index < -0.39 is 71.9 Å². The maximum Gasteiger partial charge on any atom is 0.285 e. The molecule has 5 atom stereocenters. The summed E-state index contributed by atoms with van der Waals surface area (Å²) in [4.78, 5) is 118. The van der Waals surface area contributed by atoms with Gasteiger partial charge in [0, 0.05) is 12.8 Å². The van der Waals surface area contributed by atoms with Crippen molar-refractivity contribution in [2.45, 2.75) is 89.8 Å². The summed E-state index contributed by atoms with van der Waals surface area (Å²) in [6, 6.07) is 23.6. The van der Waals surface area contributed by atoms with Crippen LogP contribution in [0.3, 0.4) is 0 Å². The van der Waals surface area contributed by atoms with Crippen LogP contribution in [0, 0.1) is 5.92 Å². The third-order valence-electron chi connectivity index (χ3n) is 8.94. The Balaban J connectivity index is 1.42. The molecule has 3 aromatic carbocycles. The Morgan fingerprint density at radius 1 is 0.583 bits per heavy atom. The van der Waals surface area contributed by atoms with Crippen LogP contribution in [0.1, 0.15) is 78.3 Å². The smallest absolute Gasteiger partial charge is 0.285 e. The van der Waals surface area contributed by atoms with E-state index in [0.29, 0.717) is 35.6 Å². The maximum atomic E-state index is 13.6. The zero-order valence-electron chi connectivity index (χ0n) is 33.5. The fourth-order valence-corrected chi connectivity index (χ4v) is 5.62. The number of carbonyl (C=O) groups is 7. The van der Waals surface area contributed by atoms with E-state index in [4.69, 9.17) is 35.7 Å². The van der Waals surface area contributed by atoms with Gasteiger partial charge in [-0.2, -0.15) is 0 Å². The molecule has 4 rings (SSSR count). The number of hydrogen-bond donors (Lipinski definition) is 6. The monoisotopic (exact) mass is 833 g/mol. The number of nitrogens with zero attached hydrogens (tertiary/aromatic N) is 1. The molecule has 19 heteroatoms. The lowest BCUT2D eigenvalue weighted by Gasteiger charge is -2.24. The van der Waals surface area contributed by atoms with Crippen LogP contribution >= 0.6 is 0 Å². The van der Waals surface area contributed by atoms with Crippen molar-refractivity contribution in [3.63, 3.8) is 0 Å². The van der Waals surface area contributed by atoms with Crippen molar-refractivity contribution >= 4 is 41.4 Å². The van der Waals surface area contributed by atoms with Gasteiger partial charge in [-0.1, -0.05) is 86.6 Å². The summed E-state index contributed by atoms with van der Waals surface area (Å²) in [6.45, 7) is 5.25. The third-order valence-corrected chi connectivity index (χ3v) is 8.94. The number of hydrogen-bond acceptors (Lipinski definition) is 13. The van der Waals surface area contributed by atoms with E-state index in [2.05, 4.69) is 21.9 Å². The second-order valence-electron chi connectivity index (χ2n) is 14.2. The molecule has 0 radical (unpaired) electrons. The van der Waals surface area contributed by atoms with E-state index in [1.165, 1.54) is 19.1 Å². The molecule has 1 aliphatic rings. The lowest BCUT2D eigenvalue weighted by atomic mass is 10.1. The first-order valence-electron chi connectivity index (χ1n) is 19.3. The first-order chi connectivity index (χ1) is 28.8. The number of amides is 7. The molecule has 0 bridgehead atoms. The van der Waals surface area contributed by atoms with Crippen LogP contribution < -0.4 is 33.4 Å². The Hall–Kier alpha value is -6.09. The van der Waals surface area contributed by atoms with Crippen LogP contribution in [-0.2, 0) is 61.0 Å². The van der Waals surface area contributed by atoms with Crippen molar-refractivity contribution in [2.75, 3.05) is 6.54 Å². The highest BCUT2D eigenvalue weighted by Crippen LogP contribution is 2.24. The molecule has 8 N–H and O–H groups in total. The highest BCUT2D eigenvalue weighted by molar-refractivity contribution is 6.20. The number of benzene rings is 3. The van der Waals surface area contributed by atoms with Gasteiger partial charge in [0.1, 0.15) is 0 Å². The van der Waals surface area contributed by atoms with Gasteiger partial charge in [-0.3, -0.25) is 52.9 Å². The highest BCUT2D eigenvalue weighted by atomic mass is 16.7. The van der Waals surface area contributed by atoms with Gasteiger partial charge in [-0.15, -0.1) is 5.06 Å². The molecule has 1 aliphatic heterocycles. The average molecular weight is 834 g/mol. The number of nitrogens with one attached hydrogen (secondary N) is 4. The van der Waals surface area contributed by atoms with E-state index in [0.717, 1.165) is 0 Å². The normalized spacial score (nSPS) is 14.7. The summed E-state index contributed by atoms with van der Waals surface area (Å²) >= 11 is 0. The van der Waals surface area contributed by atoms with Gasteiger partial charge < -0.3 is 11.5 Å². The summed E-state index contributed by atoms with van der Waals surface area (Å²) < 4.78 is 0. The first-order valence-corrected chi connectivity index (χ1v) is 19.3. The van der Waals surface area contributed by atoms with Crippen molar-refractivity contribution in [2.24, 2.45) is 17.4 Å². The standard InChI is InChI=1S/C41H51N7O12/c1-25(2)22-32(37(51)46-59-33(23-27-14-6-4-7-15-27)38(52)44-56-26(3)35(43)49)58-45-36(50)31(20-12-13-21-42)57-47-39(53)34(24-28-16-8-5-9-17-28)60-48-40(54)29-18-10-11-19-30(29)41(48)55/h4-11,14-19,25-26,31-34H,12-13,20-24,42H2,1-3H3,(H2,43,49)(H,44,52)(H,45,50)(H,46,51)(H,47,53)/t26-,31-,32-,33-,34-/m1/s1. The van der Waals surface area contributed by atoms with Gasteiger partial charge in [0.15, 0.2) is 30.5 Å². The zero-order chi connectivity index (χ0) is 43.6. The van der Waals surface area contributed by atoms with Crippen LogP contribution in [0.25, 0.3) is 0 Å². The summed E-state index contributed by atoms with van der Waals surface area (Å²) in [6.07, 6.45) is -5.78. The fourth-order valence-electron chi connectivity index (χ4n) is 5.62. The Morgan fingerprint density at radius 3 is 1.53 bits per heavy atom. The Kier molecular flexibility index (Phi) is 18.2. The number of carbonyl (C=O) groups excluding carboxylic acids is 7. The van der Waals surface area contributed by atoms with Crippen LogP contribution in [0.2, 0.25) is 0 Å². The number of rotatable bonds is 25. The predicted molar refractivity (Wildman–Crippen MR) is 211 cm³/mol. The van der Waals surface area contributed by atoms with E-state index >= 15 is 0 Å². The first kappa shape index (κ1) is 46.6. The minimum absolute atomic E-state index is 0.0171. The van der Waals surface area contributed by atoms with Crippen molar-refractivity contribution in [3.05, 3.63) is 107 Å². The summed E-state index contributed by atoms with van der Waals surface area (Å²) in [5.74, 6) is -5.93. The molecule has 7 amide bonds. The number of imide groups is 1. The summed E-state index contributed by atoms with van der Waals surface area (Å²) in [5.41, 5.74) is 21.2. The lowest BCUT2D eigenvalue weighted by molar-refractivity contribution is -0.179. The number of unbranched alkanes of at least 4 members (excludes halogenated alkanes) is 1. The molecule has 19 nitrogen and oxygen atoms in total. The number of primary amides is 1. The van der Waals surface area contributed by atoms with Gasteiger partial charge in [0.25, 0.3) is 35.4 Å². The topological polar surface area (TPSA) is 269 Å². The van der Waals surface area contributed by atoms with Gasteiger partial charge in [0.2, 0.25) is 5.91 Å². The van der Waals surface area contributed by atoms with E-state index in [-0.39, 0.29) is 42.7 Å². The molecular weight excluding hydrogens is 782 g/mol. The van der Waals surface area contributed by atoms with Crippen LogP contribution in [0.5, 0.6) is 0 Å². The minimum atomic E-state index is -1.47. The third kappa shape index (κ3) is 14.0. The molecule has 322 valence electrons. The molecular formula is C41H51N7O12. The van der Waals surface area contributed by atoms with E-state index in [1.54, 1.807) is 86.6 Å².